The van der Waals surface area contributed by atoms with Crippen LogP contribution in [0.4, 0.5) is 5.69 Å². The number of hydrogen-bond acceptors (Lipinski definition) is 3. The van der Waals surface area contributed by atoms with E-state index >= 15 is 0 Å². The Balaban J connectivity index is 2.18. The highest BCUT2D eigenvalue weighted by atomic mass is 35.5. The summed E-state index contributed by atoms with van der Waals surface area (Å²) in [5.74, 6) is 0. The van der Waals surface area contributed by atoms with Crippen LogP contribution < -0.4 is 5.32 Å². The van der Waals surface area contributed by atoms with Crippen molar-refractivity contribution >= 4 is 17.3 Å². The average Bonchev–Trinajstić information content (AvgIpc) is 2.79. The number of aliphatic hydroxyl groups excluding tert-OH is 1. The molecule has 96 valence electrons. The summed E-state index contributed by atoms with van der Waals surface area (Å²) in [5, 5.41) is 17.2. The number of rotatable bonds is 4. The molecule has 1 aromatic heterocycles. The van der Waals surface area contributed by atoms with Crippen LogP contribution in [-0.2, 0) is 13.7 Å². The highest BCUT2D eigenvalue weighted by Gasteiger charge is 2.09. The van der Waals surface area contributed by atoms with Gasteiger partial charge in [0.1, 0.15) is 0 Å². The van der Waals surface area contributed by atoms with Gasteiger partial charge >= 0.3 is 0 Å². The van der Waals surface area contributed by atoms with Crippen LogP contribution in [0.15, 0.2) is 30.6 Å². The summed E-state index contributed by atoms with van der Waals surface area (Å²) in [6.07, 6.45) is 3.78. The van der Waals surface area contributed by atoms with E-state index in [1.165, 1.54) is 0 Å². The van der Waals surface area contributed by atoms with Crippen LogP contribution in [0, 0.1) is 0 Å². The Bertz CT molecular complexity index is 539. The predicted molar refractivity (Wildman–Crippen MR) is 72.6 cm³/mol. The zero-order valence-corrected chi connectivity index (χ0v) is 11.1. The first-order chi connectivity index (χ1) is 8.60. The monoisotopic (exact) mass is 265 g/mol. The molecule has 0 aliphatic heterocycles. The van der Waals surface area contributed by atoms with Gasteiger partial charge in [-0.2, -0.15) is 5.10 Å². The topological polar surface area (TPSA) is 50.1 Å². The first-order valence-electron chi connectivity index (χ1n) is 5.74. The second-order valence-electron chi connectivity index (χ2n) is 4.29. The van der Waals surface area contributed by atoms with Crippen LogP contribution >= 0.6 is 11.6 Å². The molecule has 0 radical (unpaired) electrons. The fourth-order valence-electron chi connectivity index (χ4n) is 1.76. The molecule has 2 N–H and O–H groups in total. The van der Waals surface area contributed by atoms with Crippen molar-refractivity contribution in [2.45, 2.75) is 19.6 Å². The smallest absolute Gasteiger partial charge is 0.0682 e. The Morgan fingerprint density at radius 3 is 2.89 bits per heavy atom. The van der Waals surface area contributed by atoms with E-state index in [-0.39, 0.29) is 12.6 Å². The zero-order chi connectivity index (χ0) is 13.1. The van der Waals surface area contributed by atoms with E-state index in [0.717, 1.165) is 16.8 Å². The molecule has 0 bridgehead atoms. The van der Waals surface area contributed by atoms with Crippen LogP contribution in [0.5, 0.6) is 0 Å². The number of aromatic nitrogens is 2. The first-order valence-corrected chi connectivity index (χ1v) is 6.12. The molecular weight excluding hydrogens is 250 g/mol. The molecule has 2 rings (SSSR count). The maximum Gasteiger partial charge on any atom is 0.0682 e. The van der Waals surface area contributed by atoms with Gasteiger partial charge in [-0.25, -0.2) is 0 Å². The van der Waals surface area contributed by atoms with Gasteiger partial charge in [0.2, 0.25) is 0 Å². The number of nitrogens with one attached hydrogen (secondary N) is 1. The second-order valence-corrected chi connectivity index (χ2v) is 4.69. The molecule has 4 nitrogen and oxygen atoms in total. The van der Waals surface area contributed by atoms with E-state index < -0.39 is 0 Å². The Morgan fingerprint density at radius 1 is 1.50 bits per heavy atom. The van der Waals surface area contributed by atoms with Crippen molar-refractivity contribution in [3.63, 3.8) is 0 Å². The minimum atomic E-state index is 0.00707. The van der Waals surface area contributed by atoms with Crippen molar-refractivity contribution in [3.05, 3.63) is 46.7 Å². The third-order valence-electron chi connectivity index (χ3n) is 2.81. The summed E-state index contributed by atoms with van der Waals surface area (Å²) in [7, 11) is 1.88. The fourth-order valence-corrected chi connectivity index (χ4v) is 1.93. The Labute approximate surface area is 111 Å². The Kier molecular flexibility index (Phi) is 3.89. The van der Waals surface area contributed by atoms with Crippen molar-refractivity contribution in [1.29, 1.82) is 0 Å². The number of nitrogens with zero attached hydrogens (tertiary/aromatic N) is 2. The molecule has 0 spiro atoms. The molecule has 0 fully saturated rings. The molecule has 0 saturated carbocycles. The largest absolute Gasteiger partial charge is 0.392 e. The van der Waals surface area contributed by atoms with Crippen LogP contribution in [0.2, 0.25) is 5.02 Å². The molecule has 1 atom stereocenters. The first kappa shape index (κ1) is 12.9. The van der Waals surface area contributed by atoms with Gasteiger partial charge < -0.3 is 10.4 Å². The summed E-state index contributed by atoms with van der Waals surface area (Å²) in [4.78, 5) is 0. The summed E-state index contributed by atoms with van der Waals surface area (Å²) in [5.41, 5.74) is 2.74. The maximum atomic E-state index is 9.12. The highest BCUT2D eigenvalue weighted by Crippen LogP contribution is 2.27. The molecule has 0 amide bonds. The molecule has 0 saturated heterocycles. The van der Waals surface area contributed by atoms with Crippen LogP contribution in [-0.4, -0.2) is 14.9 Å². The van der Waals surface area contributed by atoms with E-state index in [1.54, 1.807) is 10.7 Å². The lowest BCUT2D eigenvalue weighted by Crippen LogP contribution is -2.06. The molecule has 1 heterocycles. The highest BCUT2D eigenvalue weighted by molar-refractivity contribution is 6.33. The third-order valence-corrected chi connectivity index (χ3v) is 3.14. The van der Waals surface area contributed by atoms with Crippen LogP contribution in [0.25, 0.3) is 0 Å². The molecular formula is C13H16ClN3O. The van der Waals surface area contributed by atoms with Gasteiger partial charge in [-0.05, 0) is 24.6 Å². The number of benzene rings is 1. The van der Waals surface area contributed by atoms with Gasteiger partial charge in [0.05, 0.1) is 29.6 Å². The average molecular weight is 266 g/mol. The summed E-state index contributed by atoms with van der Waals surface area (Å²) < 4.78 is 1.76. The number of halogens is 1. The van der Waals surface area contributed by atoms with Gasteiger partial charge in [-0.15, -0.1) is 0 Å². The van der Waals surface area contributed by atoms with E-state index in [2.05, 4.69) is 10.4 Å². The van der Waals surface area contributed by atoms with Gasteiger partial charge in [0, 0.05) is 18.8 Å². The summed E-state index contributed by atoms with van der Waals surface area (Å²) >= 11 is 6.12. The molecule has 1 aromatic carbocycles. The lowest BCUT2D eigenvalue weighted by Gasteiger charge is -2.15. The maximum absolute atomic E-state index is 9.12. The van der Waals surface area contributed by atoms with E-state index in [4.69, 9.17) is 16.7 Å². The zero-order valence-electron chi connectivity index (χ0n) is 10.4. The molecule has 0 aliphatic carbocycles. The van der Waals surface area contributed by atoms with Gasteiger partial charge in [-0.3, -0.25) is 4.68 Å². The molecule has 2 aromatic rings. The molecule has 18 heavy (non-hydrogen) atoms. The minimum absolute atomic E-state index is 0.00707. The standard InChI is InChI=1S/C13H16ClN3O/c1-9(11-6-15-17(2)7-11)16-13-5-10(8-18)3-4-12(13)14/h3-7,9,16,18H,8H2,1-2H3. The minimum Gasteiger partial charge on any atom is -0.392 e. The fraction of sp³-hybridized carbons (Fsp3) is 0.308. The van der Waals surface area contributed by atoms with Crippen LogP contribution in [0.3, 0.4) is 0 Å². The van der Waals surface area contributed by atoms with Crippen molar-refractivity contribution in [2.24, 2.45) is 7.05 Å². The SMILES string of the molecule is CC(Nc1cc(CO)ccc1Cl)c1cnn(C)c1. The predicted octanol–water partition coefficient (Wildman–Crippen LogP) is 2.74. The second kappa shape index (κ2) is 5.42. The number of anilines is 1. The third kappa shape index (κ3) is 2.83. The molecule has 5 heteroatoms. The number of aliphatic hydroxyl groups is 1. The van der Waals surface area contributed by atoms with Crippen molar-refractivity contribution in [1.82, 2.24) is 9.78 Å². The molecule has 1 unspecified atom stereocenters. The van der Waals surface area contributed by atoms with Crippen molar-refractivity contribution < 1.29 is 5.11 Å². The quantitative estimate of drug-likeness (QED) is 0.894. The van der Waals surface area contributed by atoms with Crippen molar-refractivity contribution in [2.75, 3.05) is 5.32 Å². The van der Waals surface area contributed by atoms with Gasteiger partial charge in [-0.1, -0.05) is 17.7 Å². The lowest BCUT2D eigenvalue weighted by atomic mass is 10.1. The van der Waals surface area contributed by atoms with Gasteiger partial charge in [0.25, 0.3) is 0 Å². The van der Waals surface area contributed by atoms with Crippen molar-refractivity contribution in [3.8, 4) is 0 Å². The van der Waals surface area contributed by atoms with Gasteiger partial charge in [0.15, 0.2) is 0 Å². The van der Waals surface area contributed by atoms with Crippen LogP contribution in [0.1, 0.15) is 24.1 Å². The summed E-state index contributed by atoms with van der Waals surface area (Å²) in [6, 6.07) is 5.55. The molecule has 0 aliphatic rings. The Hall–Kier alpha value is -1.52. The number of aryl methyl sites for hydroxylation is 1. The Morgan fingerprint density at radius 2 is 2.28 bits per heavy atom. The number of hydrogen-bond donors (Lipinski definition) is 2. The van der Waals surface area contributed by atoms with E-state index in [1.807, 2.05) is 38.5 Å². The van der Waals surface area contributed by atoms with E-state index in [9.17, 15) is 0 Å². The van der Waals surface area contributed by atoms with E-state index in [0.29, 0.717) is 5.02 Å². The normalized spacial score (nSPS) is 12.4. The lowest BCUT2D eigenvalue weighted by molar-refractivity contribution is 0.282. The summed E-state index contributed by atoms with van der Waals surface area (Å²) in [6.45, 7) is 2.05.